The maximum Gasteiger partial charge on any atom is 0.320 e. The first-order chi connectivity index (χ1) is 10.1. The Morgan fingerprint density at radius 1 is 1.33 bits per heavy atom. The van der Waals surface area contributed by atoms with Crippen molar-refractivity contribution in [2.45, 2.75) is 32.2 Å². The van der Waals surface area contributed by atoms with Crippen molar-refractivity contribution >= 4 is 11.8 Å². The highest BCUT2D eigenvalue weighted by atomic mass is 16.2. The van der Waals surface area contributed by atoms with Crippen LogP contribution in [0.3, 0.4) is 0 Å². The highest BCUT2D eigenvalue weighted by molar-refractivity contribution is 5.88. The van der Waals surface area contributed by atoms with Crippen LogP contribution in [0.25, 0.3) is 0 Å². The molecule has 21 heavy (non-hydrogen) atoms. The fraction of sp³-hybridized carbons (Fsp3) is 0.375. The number of benzene rings is 1. The summed E-state index contributed by atoms with van der Waals surface area (Å²) in [5, 5.41) is 10.1. The van der Waals surface area contributed by atoms with Gasteiger partial charge in [-0.15, -0.1) is 0 Å². The molecule has 0 aliphatic heterocycles. The molecule has 0 spiro atoms. The average Bonchev–Trinajstić information content (AvgIpc) is 2.76. The normalized spacial score (nSPS) is 17.1. The van der Waals surface area contributed by atoms with Crippen LogP contribution in [0.4, 0.5) is 10.6 Å². The lowest BCUT2D eigenvalue weighted by atomic mass is 9.88. The molecule has 1 heterocycles. The molecule has 1 aliphatic rings. The minimum Gasteiger partial charge on any atom is -0.335 e. The Labute approximate surface area is 124 Å². The molecule has 2 aromatic rings. The van der Waals surface area contributed by atoms with E-state index >= 15 is 0 Å². The molecule has 5 heteroatoms. The van der Waals surface area contributed by atoms with E-state index in [0.29, 0.717) is 5.82 Å². The van der Waals surface area contributed by atoms with E-state index in [1.54, 1.807) is 4.68 Å². The van der Waals surface area contributed by atoms with Crippen LogP contribution in [0.15, 0.2) is 30.3 Å². The number of nitrogens with zero attached hydrogens (tertiary/aromatic N) is 2. The molecule has 3 rings (SSSR count). The third kappa shape index (κ3) is 3.07. The highest BCUT2D eigenvalue weighted by Crippen LogP contribution is 2.21. The quantitative estimate of drug-likeness (QED) is 0.889. The molecule has 1 atom stereocenters. The smallest absolute Gasteiger partial charge is 0.320 e. The molecular weight excluding hydrogens is 264 g/mol. The monoisotopic (exact) mass is 284 g/mol. The van der Waals surface area contributed by atoms with Crippen molar-refractivity contribution in [2.24, 2.45) is 7.05 Å². The van der Waals surface area contributed by atoms with Gasteiger partial charge < -0.3 is 5.32 Å². The van der Waals surface area contributed by atoms with Gasteiger partial charge in [0.2, 0.25) is 0 Å². The first-order valence-electron chi connectivity index (χ1n) is 7.27. The summed E-state index contributed by atoms with van der Waals surface area (Å²) in [7, 11) is 1.82. The van der Waals surface area contributed by atoms with Gasteiger partial charge >= 0.3 is 6.03 Å². The third-order valence-corrected chi connectivity index (χ3v) is 3.93. The molecule has 2 N–H and O–H groups in total. The zero-order valence-electron chi connectivity index (χ0n) is 12.4. The molecule has 0 unspecified atom stereocenters. The van der Waals surface area contributed by atoms with Crippen LogP contribution < -0.4 is 10.6 Å². The number of aryl methyl sites for hydroxylation is 3. The van der Waals surface area contributed by atoms with Gasteiger partial charge in [-0.1, -0.05) is 24.3 Å². The summed E-state index contributed by atoms with van der Waals surface area (Å²) in [5.41, 5.74) is 3.63. The maximum atomic E-state index is 12.1. The van der Waals surface area contributed by atoms with E-state index in [1.165, 1.54) is 11.1 Å². The second-order valence-corrected chi connectivity index (χ2v) is 5.60. The lowest BCUT2D eigenvalue weighted by Crippen LogP contribution is -2.41. The second kappa shape index (κ2) is 5.60. The molecule has 5 nitrogen and oxygen atoms in total. The van der Waals surface area contributed by atoms with E-state index < -0.39 is 0 Å². The summed E-state index contributed by atoms with van der Waals surface area (Å²) in [4.78, 5) is 12.1. The number of hydrogen-bond donors (Lipinski definition) is 2. The predicted molar refractivity (Wildman–Crippen MR) is 82.4 cm³/mol. The van der Waals surface area contributed by atoms with Crippen molar-refractivity contribution in [3.05, 3.63) is 47.2 Å². The largest absolute Gasteiger partial charge is 0.335 e. The van der Waals surface area contributed by atoms with Crippen LogP contribution >= 0.6 is 0 Å². The molecule has 0 saturated heterocycles. The van der Waals surface area contributed by atoms with Crippen LogP contribution in [-0.2, 0) is 19.9 Å². The molecular formula is C16H20N4O. The van der Waals surface area contributed by atoms with Crippen molar-refractivity contribution < 1.29 is 4.79 Å². The summed E-state index contributed by atoms with van der Waals surface area (Å²) in [5.74, 6) is 0.709. The summed E-state index contributed by atoms with van der Waals surface area (Å²) >= 11 is 0. The molecule has 1 aromatic heterocycles. The number of rotatable bonds is 2. The summed E-state index contributed by atoms with van der Waals surface area (Å²) in [6.07, 6.45) is 2.90. The van der Waals surface area contributed by atoms with Crippen molar-refractivity contribution in [1.82, 2.24) is 15.1 Å². The number of hydrogen-bond acceptors (Lipinski definition) is 2. The standard InChI is InChI=1S/C16H20N4O/c1-11-9-15(20(2)19-11)18-16(21)17-14-8-7-12-5-3-4-6-13(12)10-14/h3-6,9,14H,7-8,10H2,1-2H3,(H2,17,18,21)/t14-/m0/s1. The fourth-order valence-corrected chi connectivity index (χ4v) is 2.89. The highest BCUT2D eigenvalue weighted by Gasteiger charge is 2.20. The molecule has 0 bridgehead atoms. The van der Waals surface area contributed by atoms with Crippen molar-refractivity contribution in [3.63, 3.8) is 0 Å². The maximum absolute atomic E-state index is 12.1. The number of amides is 2. The van der Waals surface area contributed by atoms with E-state index in [9.17, 15) is 4.79 Å². The van der Waals surface area contributed by atoms with Crippen LogP contribution in [0.2, 0.25) is 0 Å². The topological polar surface area (TPSA) is 59.0 Å². The Bertz CT molecular complexity index is 662. The van der Waals surface area contributed by atoms with Crippen LogP contribution in [0, 0.1) is 6.92 Å². The molecule has 2 amide bonds. The van der Waals surface area contributed by atoms with Gasteiger partial charge in [-0.3, -0.25) is 10.00 Å². The first-order valence-corrected chi connectivity index (χ1v) is 7.27. The van der Waals surface area contributed by atoms with Crippen LogP contribution in [0.5, 0.6) is 0 Å². The van der Waals surface area contributed by atoms with E-state index in [1.807, 2.05) is 20.0 Å². The molecule has 0 fully saturated rings. The number of urea groups is 1. The van der Waals surface area contributed by atoms with E-state index in [2.05, 4.69) is 40.0 Å². The van der Waals surface area contributed by atoms with Gasteiger partial charge in [0.05, 0.1) is 5.69 Å². The number of fused-ring (bicyclic) bond motifs is 1. The van der Waals surface area contributed by atoms with Gasteiger partial charge in [-0.05, 0) is 37.3 Å². The Morgan fingerprint density at radius 2 is 2.10 bits per heavy atom. The first kappa shape index (κ1) is 13.7. The zero-order valence-corrected chi connectivity index (χ0v) is 12.4. The lowest BCUT2D eigenvalue weighted by molar-refractivity contribution is 0.247. The SMILES string of the molecule is Cc1cc(NC(=O)N[C@H]2CCc3ccccc3C2)n(C)n1. The summed E-state index contributed by atoms with van der Waals surface area (Å²) < 4.78 is 1.67. The van der Waals surface area contributed by atoms with Gasteiger partial charge in [0.1, 0.15) is 5.82 Å². The number of carbonyl (C=O) groups is 1. The van der Waals surface area contributed by atoms with E-state index in [4.69, 9.17) is 0 Å². The number of aromatic nitrogens is 2. The van der Waals surface area contributed by atoms with Gasteiger partial charge in [-0.2, -0.15) is 5.10 Å². The second-order valence-electron chi connectivity index (χ2n) is 5.60. The lowest BCUT2D eigenvalue weighted by Gasteiger charge is -2.25. The molecule has 110 valence electrons. The summed E-state index contributed by atoms with van der Waals surface area (Å²) in [6.45, 7) is 1.90. The zero-order chi connectivity index (χ0) is 14.8. The Balaban J connectivity index is 1.60. The third-order valence-electron chi connectivity index (χ3n) is 3.93. The Kier molecular flexibility index (Phi) is 3.64. The van der Waals surface area contributed by atoms with Crippen molar-refractivity contribution in [2.75, 3.05) is 5.32 Å². The average molecular weight is 284 g/mol. The minimum atomic E-state index is -0.164. The van der Waals surface area contributed by atoms with Crippen molar-refractivity contribution in [1.29, 1.82) is 0 Å². The van der Waals surface area contributed by atoms with Crippen LogP contribution in [-0.4, -0.2) is 21.9 Å². The van der Waals surface area contributed by atoms with Gasteiger partial charge in [0.25, 0.3) is 0 Å². The number of anilines is 1. The van der Waals surface area contributed by atoms with Gasteiger partial charge in [-0.25, -0.2) is 4.79 Å². The fourth-order valence-electron chi connectivity index (χ4n) is 2.89. The number of carbonyl (C=O) groups excluding carboxylic acids is 1. The van der Waals surface area contributed by atoms with Gasteiger partial charge in [0.15, 0.2) is 0 Å². The minimum absolute atomic E-state index is 0.164. The molecule has 1 aliphatic carbocycles. The molecule has 0 saturated carbocycles. The molecule has 1 aromatic carbocycles. The number of nitrogens with one attached hydrogen (secondary N) is 2. The Morgan fingerprint density at radius 3 is 2.81 bits per heavy atom. The molecule has 0 radical (unpaired) electrons. The van der Waals surface area contributed by atoms with Gasteiger partial charge in [0, 0.05) is 19.2 Å². The van der Waals surface area contributed by atoms with Crippen LogP contribution in [0.1, 0.15) is 23.2 Å². The summed E-state index contributed by atoms with van der Waals surface area (Å²) in [6, 6.07) is 10.3. The van der Waals surface area contributed by atoms with E-state index in [-0.39, 0.29) is 12.1 Å². The Hall–Kier alpha value is -2.30. The van der Waals surface area contributed by atoms with E-state index in [0.717, 1.165) is 25.0 Å². The van der Waals surface area contributed by atoms with Crippen molar-refractivity contribution in [3.8, 4) is 0 Å². The predicted octanol–water partition coefficient (Wildman–Crippen LogP) is 2.41.